The van der Waals surface area contributed by atoms with Gasteiger partial charge in [0.2, 0.25) is 5.82 Å². The number of amides is 2. The summed E-state index contributed by atoms with van der Waals surface area (Å²) < 4.78 is 56.3. The zero-order valence-electron chi connectivity index (χ0n) is 20.7. The van der Waals surface area contributed by atoms with Gasteiger partial charge in [-0.05, 0) is 24.3 Å². The molecule has 0 aliphatic rings. The molecule has 0 spiro atoms. The molecule has 0 saturated heterocycles. The summed E-state index contributed by atoms with van der Waals surface area (Å²) in [5.41, 5.74) is 4.49. The van der Waals surface area contributed by atoms with Gasteiger partial charge in [0, 0.05) is 53.2 Å². The molecule has 0 saturated carbocycles. The van der Waals surface area contributed by atoms with E-state index in [1.165, 1.54) is 43.1 Å². The van der Waals surface area contributed by atoms with E-state index >= 15 is 4.39 Å². The van der Waals surface area contributed by atoms with Crippen LogP contribution in [-0.4, -0.2) is 36.7 Å². The van der Waals surface area contributed by atoms with E-state index in [0.717, 1.165) is 6.07 Å². The molecule has 2 amide bonds. The maximum absolute atomic E-state index is 15.0. The van der Waals surface area contributed by atoms with Gasteiger partial charge < -0.3 is 11.1 Å². The van der Waals surface area contributed by atoms with Crippen molar-refractivity contribution in [1.82, 2.24) is 24.9 Å². The second-order valence-corrected chi connectivity index (χ2v) is 8.55. The number of carbonyl (C=O) groups is 2. The smallest absolute Gasteiger partial charge is 0.363 e. The van der Waals surface area contributed by atoms with Gasteiger partial charge in [0.15, 0.2) is 5.82 Å². The minimum absolute atomic E-state index is 0.120. The Morgan fingerprint density at radius 3 is 2.07 bits per heavy atom. The van der Waals surface area contributed by atoms with Gasteiger partial charge in [-0.25, -0.2) is 24.3 Å². The first-order chi connectivity index (χ1) is 19.6. The Bertz CT molecular complexity index is 1750. The third-order valence-electron chi connectivity index (χ3n) is 5.85. The maximum atomic E-state index is 15.0. The molecule has 0 aliphatic carbocycles. The number of anilines is 1. The lowest BCUT2D eigenvalue weighted by Crippen LogP contribution is -2.17. The second-order valence-electron chi connectivity index (χ2n) is 8.55. The number of rotatable bonds is 6. The Kier molecular flexibility index (Phi) is 7.17. The number of aromatic nitrogens is 5. The van der Waals surface area contributed by atoms with Gasteiger partial charge in [-0.2, -0.15) is 13.2 Å². The molecular weight excluding hydrogens is 542 g/mol. The van der Waals surface area contributed by atoms with Crippen LogP contribution in [0.15, 0.2) is 85.6 Å². The van der Waals surface area contributed by atoms with Gasteiger partial charge in [0.25, 0.3) is 11.8 Å². The molecule has 3 N–H and O–H groups in total. The first kappa shape index (κ1) is 27.0. The maximum Gasteiger partial charge on any atom is 0.417 e. The molecule has 0 fully saturated rings. The van der Waals surface area contributed by atoms with Crippen LogP contribution in [-0.2, 0) is 6.18 Å². The monoisotopic (exact) mass is 559 g/mol. The molecule has 13 heteroatoms. The van der Waals surface area contributed by atoms with Crippen LogP contribution in [0.4, 0.5) is 23.2 Å². The molecule has 9 nitrogen and oxygen atoms in total. The number of pyridine rings is 1. The highest BCUT2D eigenvalue weighted by molar-refractivity contribution is 6.07. The molecule has 0 radical (unpaired) electrons. The lowest BCUT2D eigenvalue weighted by Gasteiger charge is -2.16. The number of primary amides is 1. The lowest BCUT2D eigenvalue weighted by molar-refractivity contribution is -0.137. The first-order valence-electron chi connectivity index (χ1n) is 11.8. The summed E-state index contributed by atoms with van der Waals surface area (Å²) in [6, 6.07) is 12.6. The normalized spacial score (nSPS) is 11.2. The highest BCUT2D eigenvalue weighted by Crippen LogP contribution is 2.38. The van der Waals surface area contributed by atoms with Gasteiger partial charge in [0.1, 0.15) is 5.82 Å². The fourth-order valence-corrected chi connectivity index (χ4v) is 3.94. The predicted octanol–water partition coefficient (Wildman–Crippen LogP) is 5.17. The van der Waals surface area contributed by atoms with Crippen molar-refractivity contribution in [3.63, 3.8) is 0 Å². The van der Waals surface area contributed by atoms with Crippen molar-refractivity contribution in [2.75, 3.05) is 5.32 Å². The van der Waals surface area contributed by atoms with Crippen LogP contribution in [0, 0.1) is 5.82 Å². The standard InChI is InChI=1S/C28H17F4N7O2/c29-21-11-20(28(30,31)32)18(25-34-7-4-8-35-25)10-19(21)27(41)39-22-9-16(17-13-37-26(24(33)40)38-14-17)12-36-23(22)15-5-2-1-3-6-15/h1-14H,(H2,33,40)(H,39,41). The van der Waals surface area contributed by atoms with Crippen LogP contribution in [0.2, 0.25) is 0 Å². The van der Waals surface area contributed by atoms with Crippen LogP contribution in [0.5, 0.6) is 0 Å². The van der Waals surface area contributed by atoms with E-state index in [1.54, 1.807) is 30.3 Å². The van der Waals surface area contributed by atoms with E-state index in [0.29, 0.717) is 22.4 Å². The van der Waals surface area contributed by atoms with Crippen molar-refractivity contribution in [2.45, 2.75) is 6.18 Å². The zero-order chi connectivity index (χ0) is 29.1. The van der Waals surface area contributed by atoms with Crippen molar-refractivity contribution >= 4 is 17.5 Å². The van der Waals surface area contributed by atoms with Crippen molar-refractivity contribution in [3.8, 4) is 33.8 Å². The number of hydrogen-bond donors (Lipinski definition) is 2. The SMILES string of the molecule is NC(=O)c1ncc(-c2cnc(-c3ccccc3)c(NC(=O)c3cc(-c4ncccn4)c(C(F)(F)F)cc3F)c2)cn1. The van der Waals surface area contributed by atoms with Gasteiger partial charge in [-0.3, -0.25) is 14.6 Å². The predicted molar refractivity (Wildman–Crippen MR) is 140 cm³/mol. The first-order valence-corrected chi connectivity index (χ1v) is 11.8. The summed E-state index contributed by atoms with van der Waals surface area (Å²) in [6.45, 7) is 0. The number of halogens is 4. The Morgan fingerprint density at radius 1 is 0.780 bits per heavy atom. The Labute approximate surface area is 229 Å². The fraction of sp³-hybridized carbons (Fsp3) is 0.0357. The molecule has 41 heavy (non-hydrogen) atoms. The number of benzene rings is 2. The van der Waals surface area contributed by atoms with E-state index in [-0.39, 0.29) is 23.4 Å². The minimum Gasteiger partial charge on any atom is -0.363 e. The second kappa shape index (κ2) is 10.9. The van der Waals surface area contributed by atoms with Crippen LogP contribution < -0.4 is 11.1 Å². The Balaban J connectivity index is 1.59. The third-order valence-corrected chi connectivity index (χ3v) is 5.85. The number of nitrogens with zero attached hydrogens (tertiary/aromatic N) is 5. The largest absolute Gasteiger partial charge is 0.417 e. The van der Waals surface area contributed by atoms with Crippen molar-refractivity contribution < 1.29 is 27.2 Å². The summed E-state index contributed by atoms with van der Waals surface area (Å²) in [5.74, 6) is -3.78. The Morgan fingerprint density at radius 2 is 1.44 bits per heavy atom. The van der Waals surface area contributed by atoms with Crippen LogP contribution >= 0.6 is 0 Å². The van der Waals surface area contributed by atoms with Gasteiger partial charge >= 0.3 is 6.18 Å². The van der Waals surface area contributed by atoms with Gasteiger partial charge in [-0.15, -0.1) is 0 Å². The highest BCUT2D eigenvalue weighted by Gasteiger charge is 2.36. The number of alkyl halides is 3. The number of hydrogen-bond acceptors (Lipinski definition) is 7. The quantitative estimate of drug-likeness (QED) is 0.274. The lowest BCUT2D eigenvalue weighted by atomic mass is 10.0. The van der Waals surface area contributed by atoms with E-state index in [2.05, 4.69) is 30.2 Å². The fourth-order valence-electron chi connectivity index (χ4n) is 3.94. The molecule has 3 heterocycles. The molecule has 0 aliphatic heterocycles. The van der Waals surface area contributed by atoms with E-state index in [1.807, 2.05) is 0 Å². The average Bonchev–Trinajstić information content (AvgIpc) is 2.97. The topological polar surface area (TPSA) is 137 Å². The summed E-state index contributed by atoms with van der Waals surface area (Å²) >= 11 is 0. The van der Waals surface area contributed by atoms with Gasteiger partial charge in [-0.1, -0.05) is 30.3 Å². The van der Waals surface area contributed by atoms with Crippen LogP contribution in [0.1, 0.15) is 26.5 Å². The molecule has 5 rings (SSSR count). The minimum atomic E-state index is -4.94. The molecule has 3 aromatic heterocycles. The summed E-state index contributed by atoms with van der Waals surface area (Å²) in [5, 5.41) is 2.56. The van der Waals surface area contributed by atoms with Crippen molar-refractivity contribution in [3.05, 3.63) is 108 Å². The summed E-state index contributed by atoms with van der Waals surface area (Å²) in [7, 11) is 0. The average molecular weight is 559 g/mol. The van der Waals surface area contributed by atoms with Gasteiger partial charge in [0.05, 0.1) is 22.5 Å². The number of nitrogens with two attached hydrogens (primary N) is 1. The number of nitrogens with one attached hydrogen (secondary N) is 1. The number of carbonyl (C=O) groups excluding carboxylic acids is 2. The highest BCUT2D eigenvalue weighted by atomic mass is 19.4. The van der Waals surface area contributed by atoms with Crippen LogP contribution in [0.25, 0.3) is 33.8 Å². The molecule has 204 valence electrons. The molecule has 0 unspecified atom stereocenters. The molecule has 5 aromatic rings. The zero-order valence-corrected chi connectivity index (χ0v) is 20.7. The molecule has 0 bridgehead atoms. The van der Waals surface area contributed by atoms with E-state index in [9.17, 15) is 22.8 Å². The molecule has 2 aromatic carbocycles. The summed E-state index contributed by atoms with van der Waals surface area (Å²) in [6.07, 6.45) is 1.67. The summed E-state index contributed by atoms with van der Waals surface area (Å²) in [4.78, 5) is 44.6. The third kappa shape index (κ3) is 5.73. The molecule has 0 atom stereocenters. The van der Waals surface area contributed by atoms with Crippen molar-refractivity contribution in [2.24, 2.45) is 5.73 Å². The van der Waals surface area contributed by atoms with E-state index < -0.39 is 40.5 Å². The molecular formula is C28H17F4N7O2. The Hall–Kier alpha value is -5.59. The van der Waals surface area contributed by atoms with Crippen LogP contribution in [0.3, 0.4) is 0 Å². The van der Waals surface area contributed by atoms with Crippen molar-refractivity contribution in [1.29, 1.82) is 0 Å². The van der Waals surface area contributed by atoms with E-state index in [4.69, 9.17) is 5.73 Å².